The molecule has 0 saturated carbocycles. The van der Waals surface area contributed by atoms with Gasteiger partial charge in [0.1, 0.15) is 23.9 Å². The van der Waals surface area contributed by atoms with Crippen LogP contribution in [0.4, 0.5) is 0 Å². The first kappa shape index (κ1) is 26.6. The van der Waals surface area contributed by atoms with Crippen molar-refractivity contribution in [3.63, 3.8) is 0 Å². The third-order valence-electron chi connectivity index (χ3n) is 5.70. The second kappa shape index (κ2) is 13.2. The van der Waals surface area contributed by atoms with Gasteiger partial charge >= 0.3 is 0 Å². The Morgan fingerprint density at radius 1 is 0.757 bits per heavy atom. The molecule has 1 aromatic heterocycles. The molecule has 0 atom stereocenters. The molecule has 8 heteroatoms. The maximum Gasteiger partial charge on any atom is 0.195 e. The molecule has 7 nitrogen and oxygen atoms in total. The van der Waals surface area contributed by atoms with Gasteiger partial charge in [-0.3, -0.25) is 4.79 Å². The van der Waals surface area contributed by atoms with Gasteiger partial charge in [-0.15, -0.1) is 11.3 Å². The smallest absolute Gasteiger partial charge is 0.195 e. The van der Waals surface area contributed by atoms with Gasteiger partial charge in [-0.2, -0.15) is 0 Å². The summed E-state index contributed by atoms with van der Waals surface area (Å²) in [6, 6.07) is 20.7. The van der Waals surface area contributed by atoms with E-state index in [2.05, 4.69) is 0 Å². The van der Waals surface area contributed by atoms with Crippen LogP contribution in [-0.4, -0.2) is 64.8 Å². The Hall–Kier alpha value is -3.43. The molecule has 1 N–H and O–H groups in total. The van der Waals surface area contributed by atoms with E-state index in [0.29, 0.717) is 49.9 Å². The third-order valence-corrected chi connectivity index (χ3v) is 6.90. The summed E-state index contributed by atoms with van der Waals surface area (Å²) in [4.78, 5) is 14.7. The molecule has 0 aliphatic rings. The Morgan fingerprint density at radius 2 is 1.38 bits per heavy atom. The van der Waals surface area contributed by atoms with Crippen LogP contribution in [-0.2, 0) is 9.47 Å². The predicted molar refractivity (Wildman–Crippen MR) is 144 cm³/mol. The number of aliphatic hydroxyl groups excluding tert-OH is 1. The van der Waals surface area contributed by atoms with Crippen molar-refractivity contribution in [2.45, 2.75) is 0 Å². The number of hydrogen-bond acceptors (Lipinski definition) is 8. The Kier molecular flexibility index (Phi) is 9.51. The lowest BCUT2D eigenvalue weighted by Gasteiger charge is -2.09. The largest absolute Gasteiger partial charge is 0.497 e. The van der Waals surface area contributed by atoms with Crippen molar-refractivity contribution < 1.29 is 33.6 Å². The molecule has 0 amide bonds. The number of carbonyl (C=O) groups is 1. The number of thiophene rings is 1. The SMILES string of the molecule is COc1ccc(-c2sc3cc(OC)ccc3c2C(=O)c2ccc(OCCOCCOCCO)cc2)cc1. The average Bonchev–Trinajstić information content (AvgIpc) is 3.33. The number of rotatable bonds is 14. The van der Waals surface area contributed by atoms with Crippen LogP contribution in [0.2, 0.25) is 0 Å². The first-order chi connectivity index (χ1) is 18.1. The second-order valence-corrected chi connectivity index (χ2v) is 9.10. The second-order valence-electron chi connectivity index (χ2n) is 8.05. The van der Waals surface area contributed by atoms with Crippen LogP contribution >= 0.6 is 11.3 Å². The maximum atomic E-state index is 13.8. The summed E-state index contributed by atoms with van der Waals surface area (Å²) in [7, 11) is 3.26. The predicted octanol–water partition coefficient (Wildman–Crippen LogP) is 5.22. The van der Waals surface area contributed by atoms with Crippen molar-refractivity contribution in [3.05, 3.63) is 77.9 Å². The first-order valence-corrected chi connectivity index (χ1v) is 12.7. The fourth-order valence-electron chi connectivity index (χ4n) is 3.83. The first-order valence-electron chi connectivity index (χ1n) is 11.9. The quantitative estimate of drug-likeness (QED) is 0.180. The Morgan fingerprint density at radius 3 is 2.05 bits per heavy atom. The molecule has 0 aliphatic heterocycles. The van der Waals surface area contributed by atoms with Gasteiger partial charge in [0, 0.05) is 26.1 Å². The Labute approximate surface area is 220 Å². The molecule has 0 aliphatic carbocycles. The van der Waals surface area contributed by atoms with Crippen molar-refractivity contribution in [1.29, 1.82) is 0 Å². The summed E-state index contributed by atoms with van der Waals surface area (Å²) in [5, 5.41) is 9.57. The van der Waals surface area contributed by atoms with Crippen LogP contribution in [0.5, 0.6) is 17.2 Å². The number of carbonyl (C=O) groups excluding carboxylic acids is 1. The van der Waals surface area contributed by atoms with Crippen LogP contribution in [0, 0.1) is 0 Å². The number of fused-ring (bicyclic) bond motifs is 1. The molecule has 0 fully saturated rings. The summed E-state index contributed by atoms with van der Waals surface area (Å²) >= 11 is 1.57. The van der Waals surface area contributed by atoms with E-state index in [4.69, 9.17) is 28.8 Å². The number of ether oxygens (including phenoxy) is 5. The van der Waals surface area contributed by atoms with Crippen molar-refractivity contribution in [3.8, 4) is 27.7 Å². The van der Waals surface area contributed by atoms with Crippen LogP contribution < -0.4 is 14.2 Å². The molecular weight excluding hydrogens is 492 g/mol. The summed E-state index contributed by atoms with van der Waals surface area (Å²) in [5.41, 5.74) is 2.19. The summed E-state index contributed by atoms with van der Waals surface area (Å²) in [6.45, 7) is 1.97. The van der Waals surface area contributed by atoms with E-state index in [-0.39, 0.29) is 12.4 Å². The van der Waals surface area contributed by atoms with Crippen molar-refractivity contribution in [2.75, 3.05) is 53.9 Å². The van der Waals surface area contributed by atoms with Gasteiger partial charge in [0.15, 0.2) is 5.78 Å². The molecule has 37 heavy (non-hydrogen) atoms. The lowest BCUT2D eigenvalue weighted by atomic mass is 9.97. The van der Waals surface area contributed by atoms with E-state index in [9.17, 15) is 4.79 Å². The van der Waals surface area contributed by atoms with Gasteiger partial charge in [-0.1, -0.05) is 0 Å². The van der Waals surface area contributed by atoms with Gasteiger partial charge in [0.05, 0.1) is 47.3 Å². The van der Waals surface area contributed by atoms with E-state index in [0.717, 1.165) is 32.0 Å². The zero-order chi connectivity index (χ0) is 26.0. The van der Waals surface area contributed by atoms with Gasteiger partial charge in [-0.25, -0.2) is 0 Å². The molecule has 4 aromatic rings. The topological polar surface area (TPSA) is 83.5 Å². The molecule has 0 bridgehead atoms. The average molecular weight is 523 g/mol. The fraction of sp³-hybridized carbons (Fsp3) is 0.276. The van der Waals surface area contributed by atoms with Crippen LogP contribution in [0.15, 0.2) is 66.7 Å². The van der Waals surface area contributed by atoms with E-state index >= 15 is 0 Å². The minimum atomic E-state index is -0.0556. The van der Waals surface area contributed by atoms with Gasteiger partial charge in [0.2, 0.25) is 0 Å². The highest BCUT2D eigenvalue weighted by molar-refractivity contribution is 7.22. The van der Waals surface area contributed by atoms with E-state index in [1.807, 2.05) is 42.5 Å². The molecule has 3 aromatic carbocycles. The highest BCUT2D eigenvalue weighted by atomic mass is 32.1. The number of aliphatic hydroxyl groups is 1. The van der Waals surface area contributed by atoms with Crippen molar-refractivity contribution in [2.24, 2.45) is 0 Å². The third kappa shape index (κ3) is 6.67. The van der Waals surface area contributed by atoms with Crippen LogP contribution in [0.1, 0.15) is 15.9 Å². The highest BCUT2D eigenvalue weighted by Crippen LogP contribution is 2.41. The lowest BCUT2D eigenvalue weighted by molar-refractivity contribution is 0.0247. The Bertz CT molecular complexity index is 1300. The summed E-state index contributed by atoms with van der Waals surface area (Å²) in [6.07, 6.45) is 0. The van der Waals surface area contributed by atoms with Crippen molar-refractivity contribution in [1.82, 2.24) is 0 Å². The molecule has 194 valence electrons. The van der Waals surface area contributed by atoms with Gasteiger partial charge in [0.25, 0.3) is 0 Å². The number of hydrogen-bond donors (Lipinski definition) is 1. The maximum absolute atomic E-state index is 13.8. The molecule has 0 saturated heterocycles. The minimum absolute atomic E-state index is 0.00177. The normalized spacial score (nSPS) is 11.0. The highest BCUT2D eigenvalue weighted by Gasteiger charge is 2.22. The Balaban J connectivity index is 1.51. The number of benzene rings is 3. The fourth-order valence-corrected chi connectivity index (χ4v) is 5.06. The standard InChI is InChI=1S/C29H30O7S/c1-32-22-7-5-21(6-8-22)29-27(25-12-11-24(33-2)19-26(25)37-29)28(31)20-3-9-23(10-4-20)36-18-17-35-16-15-34-14-13-30/h3-12,19,30H,13-18H2,1-2H3. The molecule has 0 unspecified atom stereocenters. The van der Waals surface area contributed by atoms with Gasteiger partial charge < -0.3 is 28.8 Å². The van der Waals surface area contributed by atoms with Gasteiger partial charge in [-0.05, 0) is 72.3 Å². The van der Waals surface area contributed by atoms with Crippen molar-refractivity contribution >= 4 is 27.2 Å². The number of methoxy groups -OCH3 is 2. The minimum Gasteiger partial charge on any atom is -0.497 e. The van der Waals surface area contributed by atoms with Crippen LogP contribution in [0.3, 0.4) is 0 Å². The zero-order valence-corrected chi connectivity index (χ0v) is 21.7. The van der Waals surface area contributed by atoms with E-state index in [1.165, 1.54) is 0 Å². The number of ketones is 1. The molecule has 1 heterocycles. The molecule has 0 radical (unpaired) electrons. The monoisotopic (exact) mass is 522 g/mol. The lowest BCUT2D eigenvalue weighted by Crippen LogP contribution is -2.12. The molecular formula is C29H30O7S. The zero-order valence-electron chi connectivity index (χ0n) is 20.9. The summed E-state index contributed by atoms with van der Waals surface area (Å²) < 4.78 is 28.0. The van der Waals surface area contributed by atoms with Crippen LogP contribution in [0.25, 0.3) is 20.5 Å². The van der Waals surface area contributed by atoms with E-state index in [1.54, 1.807) is 49.8 Å². The molecule has 0 spiro atoms. The molecule has 4 rings (SSSR count). The summed E-state index contributed by atoms with van der Waals surface area (Å²) in [5.74, 6) is 2.11. The van der Waals surface area contributed by atoms with E-state index < -0.39 is 0 Å².